The number of fused-ring (bicyclic) bond motifs is 1. The van der Waals surface area contributed by atoms with Gasteiger partial charge in [0.05, 0.1) is 24.8 Å². The van der Waals surface area contributed by atoms with Crippen molar-refractivity contribution in [1.29, 1.82) is 0 Å². The molecule has 8 heteroatoms. The first-order valence-electron chi connectivity index (χ1n) is 10.5. The molecule has 0 aliphatic carbocycles. The quantitative estimate of drug-likeness (QED) is 0.736. The van der Waals surface area contributed by atoms with Crippen LogP contribution in [0.15, 0.2) is 42.5 Å². The molecule has 31 heavy (non-hydrogen) atoms. The Morgan fingerprint density at radius 2 is 1.87 bits per heavy atom. The maximum atomic E-state index is 13.3. The van der Waals surface area contributed by atoms with Gasteiger partial charge < -0.3 is 19.7 Å². The molecule has 1 unspecified atom stereocenters. The van der Waals surface area contributed by atoms with Crippen LogP contribution in [0.2, 0.25) is 0 Å². The summed E-state index contributed by atoms with van der Waals surface area (Å²) in [7, 11) is 0. The highest BCUT2D eigenvalue weighted by Crippen LogP contribution is 2.34. The third-order valence-corrected chi connectivity index (χ3v) is 5.58. The van der Waals surface area contributed by atoms with Gasteiger partial charge in [-0.3, -0.25) is 4.79 Å². The van der Waals surface area contributed by atoms with Crippen molar-refractivity contribution in [2.45, 2.75) is 38.0 Å². The summed E-state index contributed by atoms with van der Waals surface area (Å²) in [5.74, 6) is 1.36. The molecule has 2 aliphatic heterocycles. The zero-order chi connectivity index (χ0) is 21.8. The number of rotatable bonds is 6. The molecule has 1 atom stereocenters. The molecule has 2 aliphatic rings. The van der Waals surface area contributed by atoms with Crippen molar-refractivity contribution < 1.29 is 27.4 Å². The number of nitrogens with one attached hydrogen (secondary N) is 1. The lowest BCUT2D eigenvalue weighted by atomic mass is 10.0. The summed E-state index contributed by atoms with van der Waals surface area (Å²) < 4.78 is 51.4. The molecule has 1 fully saturated rings. The Labute approximate surface area is 179 Å². The fourth-order valence-corrected chi connectivity index (χ4v) is 3.96. The lowest BCUT2D eigenvalue weighted by Crippen LogP contribution is -2.36. The van der Waals surface area contributed by atoms with Crippen molar-refractivity contribution >= 4 is 5.91 Å². The minimum atomic E-state index is -4.42. The smallest absolute Gasteiger partial charge is 0.416 e. The van der Waals surface area contributed by atoms with Crippen molar-refractivity contribution in [1.82, 2.24) is 10.2 Å². The number of hydrogen-bond donors (Lipinski definition) is 1. The Kier molecular flexibility index (Phi) is 6.36. The van der Waals surface area contributed by atoms with Crippen LogP contribution in [-0.2, 0) is 17.5 Å². The molecule has 0 spiro atoms. The van der Waals surface area contributed by atoms with Gasteiger partial charge in [-0.25, -0.2) is 0 Å². The van der Waals surface area contributed by atoms with Crippen LogP contribution in [0.1, 0.15) is 42.0 Å². The third-order valence-electron chi connectivity index (χ3n) is 5.58. The number of para-hydroxylation sites is 1. The first-order valence-corrected chi connectivity index (χ1v) is 10.5. The minimum Gasteiger partial charge on any atom is -0.490 e. The number of amides is 1. The van der Waals surface area contributed by atoms with Crippen LogP contribution in [0.5, 0.6) is 11.5 Å². The highest BCUT2D eigenvalue weighted by Gasteiger charge is 2.32. The van der Waals surface area contributed by atoms with Gasteiger partial charge in [0.15, 0.2) is 11.5 Å². The first kappa shape index (κ1) is 21.5. The van der Waals surface area contributed by atoms with Crippen molar-refractivity contribution in [2.24, 2.45) is 0 Å². The van der Waals surface area contributed by atoms with Crippen LogP contribution in [0.3, 0.4) is 0 Å². The number of hydrogen-bond acceptors (Lipinski definition) is 4. The molecule has 0 radical (unpaired) electrons. The molecule has 166 valence electrons. The number of carbonyl (C=O) groups is 1. The number of benzene rings is 2. The standard InChI is InChI=1S/C23H25F3N2O3/c24-23(25,26)18-7-1-5-16(13-18)19(15-28-10-3-9-21(28)29)27-14-17-6-2-8-20-22(17)31-12-4-11-30-20/h1-2,5-8,13,19,27H,3-4,9-12,14-15H2. The summed E-state index contributed by atoms with van der Waals surface area (Å²) in [6.07, 6.45) is -2.39. The van der Waals surface area contributed by atoms with E-state index >= 15 is 0 Å². The zero-order valence-electron chi connectivity index (χ0n) is 17.1. The van der Waals surface area contributed by atoms with E-state index in [1.165, 1.54) is 6.07 Å². The Morgan fingerprint density at radius 1 is 1.06 bits per heavy atom. The van der Waals surface area contributed by atoms with Gasteiger partial charge in [0.2, 0.25) is 5.91 Å². The maximum absolute atomic E-state index is 13.3. The fraction of sp³-hybridized carbons (Fsp3) is 0.435. The number of alkyl halides is 3. The molecule has 1 N–H and O–H groups in total. The van der Waals surface area contributed by atoms with E-state index in [1.807, 2.05) is 18.2 Å². The summed E-state index contributed by atoms with van der Waals surface area (Å²) in [5, 5.41) is 3.35. The van der Waals surface area contributed by atoms with Crippen molar-refractivity contribution in [2.75, 3.05) is 26.3 Å². The van der Waals surface area contributed by atoms with Crippen molar-refractivity contribution in [3.63, 3.8) is 0 Å². The zero-order valence-corrected chi connectivity index (χ0v) is 17.1. The molecule has 0 saturated carbocycles. The molecule has 4 rings (SSSR count). The van der Waals surface area contributed by atoms with Gasteiger partial charge in [-0.1, -0.05) is 24.3 Å². The van der Waals surface area contributed by atoms with Crippen LogP contribution in [-0.4, -0.2) is 37.1 Å². The van der Waals surface area contributed by atoms with Crippen LogP contribution in [0.4, 0.5) is 13.2 Å². The van der Waals surface area contributed by atoms with Crippen LogP contribution in [0, 0.1) is 0 Å². The molecule has 0 bridgehead atoms. The highest BCUT2D eigenvalue weighted by molar-refractivity contribution is 5.78. The lowest BCUT2D eigenvalue weighted by molar-refractivity contribution is -0.137. The van der Waals surface area contributed by atoms with E-state index in [4.69, 9.17) is 9.47 Å². The molecule has 2 aromatic rings. The molecule has 0 aromatic heterocycles. The van der Waals surface area contributed by atoms with E-state index in [-0.39, 0.29) is 5.91 Å². The average molecular weight is 434 g/mol. The highest BCUT2D eigenvalue weighted by atomic mass is 19.4. The van der Waals surface area contributed by atoms with Gasteiger partial charge in [0.25, 0.3) is 0 Å². The Bertz CT molecular complexity index is 933. The molecule has 2 heterocycles. The second kappa shape index (κ2) is 9.18. The Balaban J connectivity index is 1.58. The Hall–Kier alpha value is -2.74. The summed E-state index contributed by atoms with van der Waals surface area (Å²) in [5.41, 5.74) is 0.660. The Morgan fingerprint density at radius 3 is 2.65 bits per heavy atom. The number of likely N-dealkylation sites (tertiary alicyclic amines) is 1. The van der Waals surface area contributed by atoms with Gasteiger partial charge >= 0.3 is 6.18 Å². The van der Waals surface area contributed by atoms with Gasteiger partial charge in [0, 0.05) is 38.0 Å². The summed E-state index contributed by atoms with van der Waals surface area (Å²) in [6.45, 7) is 2.42. The molecular formula is C23H25F3N2O3. The maximum Gasteiger partial charge on any atom is 0.416 e. The van der Waals surface area contributed by atoms with Crippen LogP contribution in [0.25, 0.3) is 0 Å². The molecule has 1 saturated heterocycles. The number of halogens is 3. The largest absolute Gasteiger partial charge is 0.490 e. The summed E-state index contributed by atoms with van der Waals surface area (Å²) in [6, 6.07) is 10.5. The minimum absolute atomic E-state index is 0.0316. The average Bonchev–Trinajstić information content (AvgIpc) is 3.00. The van der Waals surface area contributed by atoms with Gasteiger partial charge in [-0.15, -0.1) is 0 Å². The predicted octanol–water partition coefficient (Wildman–Crippen LogP) is 4.32. The van der Waals surface area contributed by atoms with Crippen molar-refractivity contribution in [3.8, 4) is 11.5 Å². The molecule has 2 aromatic carbocycles. The fourth-order valence-electron chi connectivity index (χ4n) is 3.96. The monoisotopic (exact) mass is 434 g/mol. The normalized spacial score (nSPS) is 17.5. The van der Waals surface area contributed by atoms with E-state index in [1.54, 1.807) is 11.0 Å². The van der Waals surface area contributed by atoms with E-state index in [0.717, 1.165) is 30.5 Å². The molecular weight excluding hydrogens is 409 g/mol. The van der Waals surface area contributed by atoms with E-state index in [0.29, 0.717) is 56.3 Å². The second-order valence-corrected chi connectivity index (χ2v) is 7.79. The van der Waals surface area contributed by atoms with Crippen molar-refractivity contribution in [3.05, 3.63) is 59.2 Å². The summed E-state index contributed by atoms with van der Waals surface area (Å²) in [4.78, 5) is 13.9. The predicted molar refractivity (Wildman–Crippen MR) is 109 cm³/mol. The van der Waals surface area contributed by atoms with Crippen LogP contribution < -0.4 is 14.8 Å². The van der Waals surface area contributed by atoms with Gasteiger partial charge in [-0.05, 0) is 30.2 Å². The first-order chi connectivity index (χ1) is 14.9. The van der Waals surface area contributed by atoms with E-state index in [2.05, 4.69) is 5.32 Å². The van der Waals surface area contributed by atoms with E-state index < -0.39 is 17.8 Å². The molecule has 5 nitrogen and oxygen atoms in total. The third kappa shape index (κ3) is 5.12. The van der Waals surface area contributed by atoms with E-state index in [9.17, 15) is 18.0 Å². The summed E-state index contributed by atoms with van der Waals surface area (Å²) >= 11 is 0. The number of carbonyl (C=O) groups excluding carboxylic acids is 1. The SMILES string of the molecule is O=C1CCCN1CC(NCc1cccc2c1OCCCO2)c1cccc(C(F)(F)F)c1. The van der Waals surface area contributed by atoms with Gasteiger partial charge in [0.1, 0.15) is 0 Å². The second-order valence-electron chi connectivity index (χ2n) is 7.79. The number of nitrogens with zero attached hydrogens (tertiary/aromatic N) is 1. The molecule has 1 amide bonds. The lowest BCUT2D eigenvalue weighted by Gasteiger charge is -2.26. The topological polar surface area (TPSA) is 50.8 Å². The number of ether oxygens (including phenoxy) is 2. The van der Waals surface area contributed by atoms with Gasteiger partial charge in [-0.2, -0.15) is 13.2 Å². The van der Waals surface area contributed by atoms with Crippen LogP contribution >= 0.6 is 0 Å².